The second-order valence-electron chi connectivity index (χ2n) is 3.30. The molecule has 0 aliphatic carbocycles. The smallest absolute Gasteiger partial charge is 0.307 e. The number of nitrogens with zero attached hydrogens (tertiary/aromatic N) is 1. The van der Waals surface area contributed by atoms with E-state index in [9.17, 15) is 4.79 Å². The molecule has 14 heavy (non-hydrogen) atoms. The number of rotatable bonds is 5. The molecule has 2 N–H and O–H groups in total. The lowest BCUT2D eigenvalue weighted by molar-refractivity contribution is -0.140. The molecule has 0 radical (unpaired) electrons. The van der Waals surface area contributed by atoms with E-state index in [0.29, 0.717) is 13.1 Å². The number of aryl methyl sites for hydroxylation is 1. The first-order valence-corrected chi connectivity index (χ1v) is 4.45. The molecule has 0 fully saturated rings. The van der Waals surface area contributed by atoms with Gasteiger partial charge in [-0.25, -0.2) is 0 Å². The van der Waals surface area contributed by atoms with Crippen LogP contribution in [0, 0.1) is 12.8 Å². The molecule has 1 aromatic rings. The molecule has 78 valence electrons. The van der Waals surface area contributed by atoms with Crippen LogP contribution < -0.4 is 5.32 Å². The van der Waals surface area contributed by atoms with E-state index in [4.69, 9.17) is 9.63 Å². The van der Waals surface area contributed by atoms with Crippen molar-refractivity contribution >= 4 is 5.97 Å². The molecular formula is C9H14N2O3. The van der Waals surface area contributed by atoms with E-state index < -0.39 is 5.97 Å². The summed E-state index contributed by atoms with van der Waals surface area (Å²) < 4.78 is 4.86. The zero-order valence-electron chi connectivity index (χ0n) is 8.28. The second kappa shape index (κ2) is 4.76. The van der Waals surface area contributed by atoms with Gasteiger partial charge in [0.25, 0.3) is 0 Å². The van der Waals surface area contributed by atoms with Crippen LogP contribution in [0.2, 0.25) is 0 Å². The van der Waals surface area contributed by atoms with E-state index in [0.717, 1.165) is 11.5 Å². The number of aromatic nitrogens is 1. The lowest BCUT2D eigenvalue weighted by Gasteiger charge is -2.05. The molecule has 5 heteroatoms. The molecule has 1 heterocycles. The van der Waals surface area contributed by atoms with E-state index in [-0.39, 0.29) is 5.92 Å². The molecule has 5 nitrogen and oxygen atoms in total. The average molecular weight is 198 g/mol. The molecule has 0 aromatic carbocycles. The molecular weight excluding hydrogens is 184 g/mol. The van der Waals surface area contributed by atoms with Gasteiger partial charge in [-0.2, -0.15) is 0 Å². The normalized spacial score (nSPS) is 12.7. The summed E-state index contributed by atoms with van der Waals surface area (Å²) in [4.78, 5) is 10.5. The summed E-state index contributed by atoms with van der Waals surface area (Å²) in [6, 6.07) is 1.82. The minimum Gasteiger partial charge on any atom is -0.481 e. The van der Waals surface area contributed by atoms with E-state index in [1.807, 2.05) is 13.0 Å². The molecule has 0 amide bonds. The number of carboxylic acid groups (broad SMARTS) is 1. The number of carboxylic acids is 1. The topological polar surface area (TPSA) is 75.4 Å². The third kappa shape index (κ3) is 3.18. The maximum atomic E-state index is 10.5. The number of carbonyl (C=O) groups is 1. The van der Waals surface area contributed by atoms with Crippen molar-refractivity contribution in [2.45, 2.75) is 20.4 Å². The first kappa shape index (κ1) is 10.7. The highest BCUT2D eigenvalue weighted by atomic mass is 16.5. The van der Waals surface area contributed by atoms with Crippen molar-refractivity contribution in [2.24, 2.45) is 5.92 Å². The van der Waals surface area contributed by atoms with E-state index >= 15 is 0 Å². The van der Waals surface area contributed by atoms with E-state index in [1.54, 1.807) is 6.92 Å². The van der Waals surface area contributed by atoms with Crippen LogP contribution in [-0.4, -0.2) is 22.8 Å². The summed E-state index contributed by atoms with van der Waals surface area (Å²) in [6.07, 6.45) is 0. The largest absolute Gasteiger partial charge is 0.481 e. The molecule has 1 aromatic heterocycles. The Bertz CT molecular complexity index is 309. The summed E-state index contributed by atoms with van der Waals surface area (Å²) in [7, 11) is 0. The van der Waals surface area contributed by atoms with E-state index in [1.165, 1.54) is 0 Å². The lowest BCUT2D eigenvalue weighted by atomic mass is 10.2. The van der Waals surface area contributed by atoms with Crippen molar-refractivity contribution in [3.63, 3.8) is 0 Å². The van der Waals surface area contributed by atoms with E-state index in [2.05, 4.69) is 10.5 Å². The van der Waals surface area contributed by atoms with Crippen molar-refractivity contribution in [1.29, 1.82) is 0 Å². The van der Waals surface area contributed by atoms with Gasteiger partial charge in [-0.1, -0.05) is 12.1 Å². The number of hydrogen-bond donors (Lipinski definition) is 2. The minimum atomic E-state index is -0.797. The zero-order valence-corrected chi connectivity index (χ0v) is 8.28. The van der Waals surface area contributed by atoms with Crippen LogP contribution >= 0.6 is 0 Å². The Morgan fingerprint density at radius 2 is 2.50 bits per heavy atom. The summed E-state index contributed by atoms with van der Waals surface area (Å²) >= 11 is 0. The van der Waals surface area contributed by atoms with Gasteiger partial charge < -0.3 is 14.9 Å². The fourth-order valence-corrected chi connectivity index (χ4v) is 1.01. The summed E-state index contributed by atoms with van der Waals surface area (Å²) in [6.45, 7) is 4.44. The van der Waals surface area contributed by atoms with Gasteiger partial charge >= 0.3 is 5.97 Å². The van der Waals surface area contributed by atoms with Gasteiger partial charge in [-0.15, -0.1) is 0 Å². The van der Waals surface area contributed by atoms with Crippen molar-refractivity contribution in [3.8, 4) is 0 Å². The third-order valence-corrected chi connectivity index (χ3v) is 1.85. The Hall–Kier alpha value is -1.36. The molecule has 0 saturated heterocycles. The average Bonchev–Trinajstić information content (AvgIpc) is 2.51. The van der Waals surface area contributed by atoms with Gasteiger partial charge in [-0.3, -0.25) is 4.79 Å². The number of hydrogen-bond acceptors (Lipinski definition) is 4. The van der Waals surface area contributed by atoms with Crippen molar-refractivity contribution in [1.82, 2.24) is 10.5 Å². The van der Waals surface area contributed by atoms with Gasteiger partial charge in [-0.05, 0) is 6.92 Å². The molecule has 0 spiro atoms. The lowest BCUT2D eigenvalue weighted by Crippen LogP contribution is -2.25. The Balaban J connectivity index is 2.25. The van der Waals surface area contributed by atoms with Crippen molar-refractivity contribution < 1.29 is 14.4 Å². The summed E-state index contributed by atoms with van der Waals surface area (Å²) in [5.74, 6) is -0.426. The van der Waals surface area contributed by atoms with Gasteiger partial charge in [0.15, 0.2) is 0 Å². The summed E-state index contributed by atoms with van der Waals surface area (Å²) in [5, 5.41) is 15.4. The molecule has 1 unspecified atom stereocenters. The molecule has 0 bridgehead atoms. The fourth-order valence-electron chi connectivity index (χ4n) is 1.01. The van der Waals surface area contributed by atoms with Gasteiger partial charge in [0, 0.05) is 19.2 Å². The predicted molar refractivity (Wildman–Crippen MR) is 49.7 cm³/mol. The highest BCUT2D eigenvalue weighted by molar-refractivity contribution is 5.69. The van der Waals surface area contributed by atoms with Crippen LogP contribution in [0.15, 0.2) is 10.6 Å². The van der Waals surface area contributed by atoms with Crippen molar-refractivity contribution in [3.05, 3.63) is 17.5 Å². The Labute approximate surface area is 82.1 Å². The standard InChI is InChI=1S/C9H14N2O3/c1-6(9(12)13)4-10-5-8-3-7(2)14-11-8/h3,6,10H,4-5H2,1-2H3,(H,12,13). The first-order chi connectivity index (χ1) is 6.59. The van der Waals surface area contributed by atoms with Crippen LogP contribution in [0.3, 0.4) is 0 Å². The maximum Gasteiger partial charge on any atom is 0.307 e. The molecule has 0 aliphatic heterocycles. The Morgan fingerprint density at radius 3 is 3.00 bits per heavy atom. The van der Waals surface area contributed by atoms with Crippen LogP contribution in [0.4, 0.5) is 0 Å². The fraction of sp³-hybridized carbons (Fsp3) is 0.556. The van der Waals surface area contributed by atoms with Gasteiger partial charge in [0.05, 0.1) is 11.6 Å². The van der Waals surface area contributed by atoms with Gasteiger partial charge in [0.2, 0.25) is 0 Å². The van der Waals surface area contributed by atoms with Crippen LogP contribution in [0.25, 0.3) is 0 Å². The molecule has 0 saturated carbocycles. The second-order valence-corrected chi connectivity index (χ2v) is 3.30. The SMILES string of the molecule is Cc1cc(CNCC(C)C(=O)O)no1. The molecule has 1 atom stereocenters. The monoisotopic (exact) mass is 198 g/mol. The van der Waals surface area contributed by atoms with Crippen LogP contribution in [-0.2, 0) is 11.3 Å². The van der Waals surface area contributed by atoms with Crippen LogP contribution in [0.5, 0.6) is 0 Å². The minimum absolute atomic E-state index is 0.386. The van der Waals surface area contributed by atoms with Gasteiger partial charge in [0.1, 0.15) is 5.76 Å². The quantitative estimate of drug-likeness (QED) is 0.731. The number of nitrogens with one attached hydrogen (secondary N) is 1. The summed E-state index contributed by atoms with van der Waals surface area (Å²) in [5.41, 5.74) is 0.792. The van der Waals surface area contributed by atoms with Crippen LogP contribution in [0.1, 0.15) is 18.4 Å². The highest BCUT2D eigenvalue weighted by Gasteiger charge is 2.09. The highest BCUT2D eigenvalue weighted by Crippen LogP contribution is 2.01. The first-order valence-electron chi connectivity index (χ1n) is 4.45. The predicted octanol–water partition coefficient (Wildman–Crippen LogP) is 0.793. The maximum absolute atomic E-state index is 10.5. The molecule has 1 rings (SSSR count). The zero-order chi connectivity index (χ0) is 10.6. The number of aliphatic carboxylic acids is 1. The third-order valence-electron chi connectivity index (χ3n) is 1.85. The Kier molecular flexibility index (Phi) is 3.64. The van der Waals surface area contributed by atoms with Crippen molar-refractivity contribution in [2.75, 3.05) is 6.54 Å². The Morgan fingerprint density at radius 1 is 1.79 bits per heavy atom. The molecule has 0 aliphatic rings.